The van der Waals surface area contributed by atoms with Crippen LogP contribution in [0.5, 0.6) is 0 Å². The molecule has 1 aliphatic rings. The number of aliphatic hydroxyl groups is 1. The van der Waals surface area contributed by atoms with Crippen LogP contribution < -0.4 is 5.73 Å². The molecule has 13 heavy (non-hydrogen) atoms. The van der Waals surface area contributed by atoms with Crippen molar-refractivity contribution in [1.29, 1.82) is 0 Å². The van der Waals surface area contributed by atoms with Gasteiger partial charge in [-0.3, -0.25) is 4.79 Å². The zero-order valence-electron chi connectivity index (χ0n) is 8.07. The lowest BCUT2D eigenvalue weighted by Gasteiger charge is -2.31. The van der Waals surface area contributed by atoms with Gasteiger partial charge in [0.05, 0.1) is 12.1 Å². The summed E-state index contributed by atoms with van der Waals surface area (Å²) >= 11 is 0. The summed E-state index contributed by atoms with van der Waals surface area (Å²) in [5.41, 5.74) is 5.61. The average Bonchev–Trinajstić information content (AvgIpc) is 2.13. The summed E-state index contributed by atoms with van der Waals surface area (Å²) in [4.78, 5) is 13.1. The highest BCUT2D eigenvalue weighted by molar-refractivity contribution is 5.82. The van der Waals surface area contributed by atoms with E-state index in [1.165, 1.54) is 0 Å². The van der Waals surface area contributed by atoms with Crippen LogP contribution in [0.4, 0.5) is 0 Å². The first kappa shape index (κ1) is 10.5. The molecule has 0 bridgehead atoms. The molecule has 1 saturated heterocycles. The van der Waals surface area contributed by atoms with Crippen molar-refractivity contribution in [1.82, 2.24) is 4.90 Å². The van der Waals surface area contributed by atoms with Crippen LogP contribution >= 0.6 is 0 Å². The van der Waals surface area contributed by atoms with Crippen molar-refractivity contribution < 1.29 is 9.90 Å². The van der Waals surface area contributed by atoms with Gasteiger partial charge in [-0.2, -0.15) is 0 Å². The van der Waals surface area contributed by atoms with E-state index in [0.717, 1.165) is 19.4 Å². The van der Waals surface area contributed by atoms with Crippen LogP contribution in [0.1, 0.15) is 26.2 Å². The second-order valence-electron chi connectivity index (χ2n) is 3.60. The molecule has 0 radical (unpaired) electrons. The van der Waals surface area contributed by atoms with Gasteiger partial charge in [0.15, 0.2) is 0 Å². The molecular weight excluding hydrogens is 168 g/mol. The second-order valence-corrected chi connectivity index (χ2v) is 3.60. The number of aliphatic hydroxyl groups excluding tert-OH is 1. The Morgan fingerprint density at radius 2 is 2.46 bits per heavy atom. The molecule has 0 aromatic heterocycles. The normalized spacial score (nSPS) is 26.2. The summed E-state index contributed by atoms with van der Waals surface area (Å²) in [6, 6.07) is -0.349. The number of likely N-dealkylation sites (tertiary alicyclic amines) is 1. The lowest BCUT2D eigenvalue weighted by Crippen LogP contribution is -2.50. The van der Waals surface area contributed by atoms with Crippen molar-refractivity contribution in [3.8, 4) is 0 Å². The van der Waals surface area contributed by atoms with Crippen molar-refractivity contribution in [2.24, 2.45) is 5.73 Å². The van der Waals surface area contributed by atoms with Crippen LogP contribution in [0.3, 0.4) is 0 Å². The molecular formula is C9H18N2O2. The Labute approximate surface area is 78.7 Å². The van der Waals surface area contributed by atoms with E-state index in [2.05, 4.69) is 0 Å². The van der Waals surface area contributed by atoms with Gasteiger partial charge in [-0.15, -0.1) is 0 Å². The number of carbonyl (C=O) groups excluding carboxylic acids is 1. The highest BCUT2D eigenvalue weighted by Crippen LogP contribution is 2.10. The van der Waals surface area contributed by atoms with Crippen LogP contribution in [0.2, 0.25) is 0 Å². The molecule has 2 unspecified atom stereocenters. The minimum atomic E-state index is -0.408. The number of β-amino-alcohol motifs (C(OH)–C–C–N with tert-alkyl or cyclic N) is 1. The van der Waals surface area contributed by atoms with Crippen molar-refractivity contribution in [2.75, 3.05) is 13.1 Å². The fraction of sp³-hybridized carbons (Fsp3) is 0.889. The first-order valence-electron chi connectivity index (χ1n) is 4.87. The number of carbonyl (C=O) groups is 1. The summed E-state index contributed by atoms with van der Waals surface area (Å²) in [6.07, 6.45) is 1.99. The van der Waals surface area contributed by atoms with Gasteiger partial charge < -0.3 is 15.7 Å². The fourth-order valence-corrected chi connectivity index (χ4v) is 1.53. The van der Waals surface area contributed by atoms with E-state index in [1.807, 2.05) is 6.92 Å². The Hall–Kier alpha value is -0.610. The maximum atomic E-state index is 11.5. The van der Waals surface area contributed by atoms with Crippen LogP contribution in [0, 0.1) is 0 Å². The number of rotatable bonds is 3. The number of piperidine rings is 1. The van der Waals surface area contributed by atoms with Crippen molar-refractivity contribution >= 4 is 5.91 Å². The molecule has 2 atom stereocenters. The monoisotopic (exact) mass is 186 g/mol. The Kier molecular flexibility index (Phi) is 3.69. The van der Waals surface area contributed by atoms with Gasteiger partial charge in [-0.1, -0.05) is 6.92 Å². The smallest absolute Gasteiger partial charge is 0.239 e. The van der Waals surface area contributed by atoms with Gasteiger partial charge in [0, 0.05) is 13.1 Å². The van der Waals surface area contributed by atoms with E-state index in [9.17, 15) is 9.90 Å². The number of nitrogens with zero attached hydrogens (tertiary/aromatic N) is 1. The van der Waals surface area contributed by atoms with Crippen LogP contribution in [-0.4, -0.2) is 41.1 Å². The average molecular weight is 186 g/mol. The van der Waals surface area contributed by atoms with Gasteiger partial charge in [0.2, 0.25) is 5.91 Å². The fourth-order valence-electron chi connectivity index (χ4n) is 1.53. The molecule has 1 fully saturated rings. The summed E-state index contributed by atoms with van der Waals surface area (Å²) in [6.45, 7) is 3.08. The third-order valence-electron chi connectivity index (χ3n) is 2.47. The van der Waals surface area contributed by atoms with Crippen molar-refractivity contribution in [3.05, 3.63) is 0 Å². The van der Waals surface area contributed by atoms with E-state index in [4.69, 9.17) is 5.73 Å². The molecule has 0 aliphatic carbocycles. The zero-order valence-corrected chi connectivity index (χ0v) is 8.07. The van der Waals surface area contributed by atoms with Crippen LogP contribution in [0.25, 0.3) is 0 Å². The molecule has 1 heterocycles. The quantitative estimate of drug-likeness (QED) is 0.636. The second kappa shape index (κ2) is 4.58. The first-order chi connectivity index (χ1) is 6.15. The number of amides is 1. The van der Waals surface area contributed by atoms with E-state index in [0.29, 0.717) is 13.0 Å². The van der Waals surface area contributed by atoms with E-state index < -0.39 is 6.10 Å². The molecule has 0 aromatic carbocycles. The number of hydrogen-bond donors (Lipinski definition) is 2. The Morgan fingerprint density at radius 3 is 3.08 bits per heavy atom. The summed E-state index contributed by atoms with van der Waals surface area (Å²) < 4.78 is 0. The van der Waals surface area contributed by atoms with Crippen LogP contribution in [-0.2, 0) is 4.79 Å². The van der Waals surface area contributed by atoms with Gasteiger partial charge in [-0.05, 0) is 19.3 Å². The molecule has 4 heteroatoms. The Balaban J connectivity index is 2.44. The lowest BCUT2D eigenvalue weighted by molar-refractivity contribution is -0.136. The van der Waals surface area contributed by atoms with Gasteiger partial charge in [0.1, 0.15) is 0 Å². The predicted octanol–water partition coefficient (Wildman–Crippen LogP) is -0.293. The topological polar surface area (TPSA) is 66.6 Å². The van der Waals surface area contributed by atoms with E-state index in [1.54, 1.807) is 4.90 Å². The first-order valence-corrected chi connectivity index (χ1v) is 4.87. The standard InChI is InChI=1S/C9H18N2O2/c1-2-7(12)6-11-5-3-4-8(10)9(11)13/h7-8,12H,2-6,10H2,1H3. The molecule has 3 N–H and O–H groups in total. The summed E-state index contributed by atoms with van der Waals surface area (Å²) in [5.74, 6) is -0.0150. The number of hydrogen-bond acceptors (Lipinski definition) is 3. The molecule has 1 rings (SSSR count). The molecule has 1 aliphatic heterocycles. The maximum absolute atomic E-state index is 11.5. The Bertz CT molecular complexity index is 184. The molecule has 76 valence electrons. The van der Waals surface area contributed by atoms with Gasteiger partial charge in [0.25, 0.3) is 0 Å². The molecule has 0 saturated carbocycles. The molecule has 0 aromatic rings. The largest absolute Gasteiger partial charge is 0.391 e. The van der Waals surface area contributed by atoms with Gasteiger partial charge >= 0.3 is 0 Å². The summed E-state index contributed by atoms with van der Waals surface area (Å²) in [7, 11) is 0. The highest BCUT2D eigenvalue weighted by Gasteiger charge is 2.26. The molecule has 4 nitrogen and oxygen atoms in total. The van der Waals surface area contributed by atoms with Crippen molar-refractivity contribution in [3.63, 3.8) is 0 Å². The summed E-state index contributed by atoms with van der Waals surface area (Å²) in [5, 5.41) is 9.38. The van der Waals surface area contributed by atoms with Crippen molar-refractivity contribution in [2.45, 2.75) is 38.3 Å². The molecule has 0 spiro atoms. The zero-order chi connectivity index (χ0) is 9.84. The van der Waals surface area contributed by atoms with E-state index in [-0.39, 0.29) is 11.9 Å². The minimum absolute atomic E-state index is 0.0150. The third-order valence-corrected chi connectivity index (χ3v) is 2.47. The predicted molar refractivity (Wildman–Crippen MR) is 50.1 cm³/mol. The van der Waals surface area contributed by atoms with Gasteiger partial charge in [-0.25, -0.2) is 0 Å². The minimum Gasteiger partial charge on any atom is -0.391 e. The SMILES string of the molecule is CCC(O)CN1CCCC(N)C1=O. The van der Waals surface area contributed by atoms with E-state index >= 15 is 0 Å². The highest BCUT2D eigenvalue weighted by atomic mass is 16.3. The number of nitrogens with two attached hydrogens (primary N) is 1. The maximum Gasteiger partial charge on any atom is 0.239 e. The Morgan fingerprint density at radius 1 is 1.77 bits per heavy atom. The third kappa shape index (κ3) is 2.67. The van der Waals surface area contributed by atoms with Crippen LogP contribution in [0.15, 0.2) is 0 Å². The molecule has 1 amide bonds. The lowest BCUT2D eigenvalue weighted by atomic mass is 10.1.